The topological polar surface area (TPSA) is 34.2 Å². The van der Waals surface area contributed by atoms with Crippen molar-refractivity contribution in [2.75, 3.05) is 0 Å². The highest BCUT2D eigenvalue weighted by atomic mass is 35.5. The van der Waals surface area contributed by atoms with Gasteiger partial charge in [-0.3, -0.25) is 4.98 Å². The summed E-state index contributed by atoms with van der Waals surface area (Å²) in [5, 5.41) is 3.37. The number of benzene rings is 1. The van der Waals surface area contributed by atoms with Gasteiger partial charge in [-0.05, 0) is 18.2 Å². The molecule has 0 bridgehead atoms. The number of pyridine rings is 1. The van der Waals surface area contributed by atoms with Gasteiger partial charge >= 0.3 is 0 Å². The minimum absolute atomic E-state index is 0.0776. The minimum atomic E-state index is -0.500. The molecule has 1 N–H and O–H groups in total. The van der Waals surface area contributed by atoms with E-state index in [4.69, 9.17) is 16.3 Å². The standard InChI is InChI=1S/C15H16ClFN2O/c1-10(2)19-9-11-8-18-6-5-15(11)20-12-3-4-13(16)14(17)7-12/h3-8,10,19H,9H2,1-2H3. The van der Waals surface area contributed by atoms with E-state index in [1.54, 1.807) is 24.5 Å². The van der Waals surface area contributed by atoms with Gasteiger partial charge in [-0.15, -0.1) is 0 Å². The van der Waals surface area contributed by atoms with Gasteiger partial charge in [0.2, 0.25) is 0 Å². The molecular weight excluding hydrogens is 279 g/mol. The Balaban J connectivity index is 2.17. The summed E-state index contributed by atoms with van der Waals surface area (Å²) in [7, 11) is 0. The Kier molecular flexibility index (Phi) is 4.93. The molecule has 0 saturated heterocycles. The molecule has 1 aromatic heterocycles. The third kappa shape index (κ3) is 3.92. The van der Waals surface area contributed by atoms with Crippen LogP contribution in [-0.4, -0.2) is 11.0 Å². The molecule has 0 aliphatic carbocycles. The molecular formula is C15H16ClFN2O. The highest BCUT2D eigenvalue weighted by Gasteiger charge is 2.07. The van der Waals surface area contributed by atoms with Gasteiger partial charge in [0, 0.05) is 36.6 Å². The first kappa shape index (κ1) is 14.8. The Bertz CT molecular complexity index is 590. The van der Waals surface area contributed by atoms with Crippen molar-refractivity contribution in [2.24, 2.45) is 0 Å². The van der Waals surface area contributed by atoms with Gasteiger partial charge in [-0.2, -0.15) is 0 Å². The predicted octanol–water partition coefficient (Wildman–Crippen LogP) is 4.16. The SMILES string of the molecule is CC(C)NCc1cnccc1Oc1ccc(Cl)c(F)c1. The first-order valence-corrected chi connectivity index (χ1v) is 6.73. The molecule has 2 aromatic rings. The zero-order valence-corrected chi connectivity index (χ0v) is 12.1. The second-order valence-corrected chi connectivity index (χ2v) is 5.10. The normalized spacial score (nSPS) is 10.8. The van der Waals surface area contributed by atoms with Crippen LogP contribution < -0.4 is 10.1 Å². The van der Waals surface area contributed by atoms with Crippen molar-refractivity contribution in [1.82, 2.24) is 10.3 Å². The molecule has 0 unspecified atom stereocenters. The fourth-order valence-corrected chi connectivity index (χ4v) is 1.75. The predicted molar refractivity (Wildman–Crippen MR) is 77.7 cm³/mol. The van der Waals surface area contributed by atoms with Crippen LogP contribution in [0.1, 0.15) is 19.4 Å². The lowest BCUT2D eigenvalue weighted by Gasteiger charge is -2.13. The molecule has 0 aliphatic rings. The summed E-state index contributed by atoms with van der Waals surface area (Å²) in [5.41, 5.74) is 0.913. The van der Waals surface area contributed by atoms with E-state index in [1.165, 1.54) is 12.1 Å². The molecule has 5 heteroatoms. The maximum atomic E-state index is 13.4. The van der Waals surface area contributed by atoms with Gasteiger partial charge in [-0.1, -0.05) is 25.4 Å². The highest BCUT2D eigenvalue weighted by molar-refractivity contribution is 6.30. The summed E-state index contributed by atoms with van der Waals surface area (Å²) in [6.45, 7) is 4.76. The lowest BCUT2D eigenvalue weighted by molar-refractivity contribution is 0.463. The number of hydrogen-bond acceptors (Lipinski definition) is 3. The smallest absolute Gasteiger partial charge is 0.145 e. The van der Waals surface area contributed by atoms with Gasteiger partial charge in [-0.25, -0.2) is 4.39 Å². The van der Waals surface area contributed by atoms with E-state index < -0.39 is 5.82 Å². The van der Waals surface area contributed by atoms with Crippen molar-refractivity contribution in [1.29, 1.82) is 0 Å². The molecule has 0 aliphatic heterocycles. The molecule has 1 aromatic carbocycles. The van der Waals surface area contributed by atoms with E-state index in [0.717, 1.165) is 5.56 Å². The van der Waals surface area contributed by atoms with Crippen LogP contribution in [0, 0.1) is 5.82 Å². The fourth-order valence-electron chi connectivity index (χ4n) is 1.63. The van der Waals surface area contributed by atoms with E-state index in [9.17, 15) is 4.39 Å². The largest absolute Gasteiger partial charge is 0.457 e. The lowest BCUT2D eigenvalue weighted by Crippen LogP contribution is -2.22. The summed E-state index contributed by atoms with van der Waals surface area (Å²) in [5.74, 6) is 0.554. The number of hydrogen-bond donors (Lipinski definition) is 1. The number of halogens is 2. The van der Waals surface area contributed by atoms with E-state index in [2.05, 4.69) is 24.1 Å². The Morgan fingerprint density at radius 1 is 1.35 bits per heavy atom. The van der Waals surface area contributed by atoms with Crippen LogP contribution in [0.5, 0.6) is 11.5 Å². The summed E-state index contributed by atoms with van der Waals surface area (Å²) in [6.07, 6.45) is 3.37. The average molecular weight is 295 g/mol. The summed E-state index contributed by atoms with van der Waals surface area (Å²) in [6, 6.07) is 6.48. The number of ether oxygens (including phenoxy) is 1. The Hall–Kier alpha value is -1.65. The molecule has 2 rings (SSSR count). The molecule has 1 heterocycles. The third-order valence-corrected chi connectivity index (χ3v) is 2.98. The molecule has 20 heavy (non-hydrogen) atoms. The second kappa shape index (κ2) is 6.68. The van der Waals surface area contributed by atoms with Crippen LogP contribution in [0.3, 0.4) is 0 Å². The maximum Gasteiger partial charge on any atom is 0.145 e. The number of rotatable bonds is 5. The molecule has 0 saturated carbocycles. The maximum absolute atomic E-state index is 13.4. The number of nitrogens with zero attached hydrogens (tertiary/aromatic N) is 1. The van der Waals surface area contributed by atoms with E-state index in [-0.39, 0.29) is 5.02 Å². The quantitative estimate of drug-likeness (QED) is 0.899. The fraction of sp³-hybridized carbons (Fsp3) is 0.267. The van der Waals surface area contributed by atoms with Gasteiger partial charge in [0.1, 0.15) is 17.3 Å². The van der Waals surface area contributed by atoms with Crippen molar-refractivity contribution < 1.29 is 9.13 Å². The lowest BCUT2D eigenvalue weighted by atomic mass is 10.2. The molecule has 0 radical (unpaired) electrons. The van der Waals surface area contributed by atoms with Crippen LogP contribution in [0.15, 0.2) is 36.7 Å². The van der Waals surface area contributed by atoms with Crippen molar-refractivity contribution in [3.8, 4) is 11.5 Å². The number of aromatic nitrogens is 1. The third-order valence-electron chi connectivity index (χ3n) is 2.68. The highest BCUT2D eigenvalue weighted by Crippen LogP contribution is 2.27. The Morgan fingerprint density at radius 2 is 2.15 bits per heavy atom. The Morgan fingerprint density at radius 3 is 2.85 bits per heavy atom. The van der Waals surface area contributed by atoms with Crippen LogP contribution in [-0.2, 0) is 6.54 Å². The van der Waals surface area contributed by atoms with Crippen LogP contribution in [0.2, 0.25) is 5.02 Å². The molecule has 0 spiro atoms. The average Bonchev–Trinajstić information content (AvgIpc) is 2.42. The minimum Gasteiger partial charge on any atom is -0.457 e. The second-order valence-electron chi connectivity index (χ2n) is 4.70. The zero-order chi connectivity index (χ0) is 14.5. The Labute approximate surface area is 122 Å². The van der Waals surface area contributed by atoms with Crippen molar-refractivity contribution >= 4 is 11.6 Å². The van der Waals surface area contributed by atoms with Crippen molar-refractivity contribution in [3.05, 3.63) is 53.1 Å². The first-order valence-electron chi connectivity index (χ1n) is 6.35. The van der Waals surface area contributed by atoms with Crippen LogP contribution >= 0.6 is 11.6 Å². The van der Waals surface area contributed by atoms with Crippen molar-refractivity contribution in [3.63, 3.8) is 0 Å². The first-order chi connectivity index (χ1) is 9.56. The summed E-state index contributed by atoms with van der Waals surface area (Å²) in [4.78, 5) is 4.08. The van der Waals surface area contributed by atoms with Crippen LogP contribution in [0.25, 0.3) is 0 Å². The zero-order valence-electron chi connectivity index (χ0n) is 11.4. The van der Waals surface area contributed by atoms with Gasteiger partial charge < -0.3 is 10.1 Å². The van der Waals surface area contributed by atoms with E-state index in [1.807, 2.05) is 0 Å². The van der Waals surface area contributed by atoms with Crippen molar-refractivity contribution in [2.45, 2.75) is 26.4 Å². The van der Waals surface area contributed by atoms with E-state index >= 15 is 0 Å². The van der Waals surface area contributed by atoms with Gasteiger partial charge in [0.15, 0.2) is 0 Å². The molecule has 0 amide bonds. The molecule has 0 fully saturated rings. The van der Waals surface area contributed by atoms with E-state index in [0.29, 0.717) is 24.1 Å². The monoisotopic (exact) mass is 294 g/mol. The molecule has 106 valence electrons. The molecule has 3 nitrogen and oxygen atoms in total. The van der Waals surface area contributed by atoms with Crippen LogP contribution in [0.4, 0.5) is 4.39 Å². The summed E-state index contributed by atoms with van der Waals surface area (Å²) < 4.78 is 19.1. The van der Waals surface area contributed by atoms with Gasteiger partial charge in [0.05, 0.1) is 5.02 Å². The summed E-state index contributed by atoms with van der Waals surface area (Å²) >= 11 is 5.65. The number of nitrogens with one attached hydrogen (secondary N) is 1. The molecule has 0 atom stereocenters. The van der Waals surface area contributed by atoms with Gasteiger partial charge in [0.25, 0.3) is 0 Å².